The minimum Gasteiger partial charge on any atom is -0.409 e. The Balaban J connectivity index is 2.42. The molecule has 0 saturated carbocycles. The first-order valence-corrected chi connectivity index (χ1v) is 6.13. The molecular weight excluding hydrogens is 284 g/mol. The Bertz CT molecular complexity index is 683. The average molecular weight is 294 g/mol. The number of imidazole rings is 1. The van der Waals surface area contributed by atoms with Gasteiger partial charge in [0.25, 0.3) is 5.69 Å². The van der Waals surface area contributed by atoms with Gasteiger partial charge in [0.05, 0.1) is 4.92 Å². The van der Waals surface area contributed by atoms with Crippen LogP contribution in [0.25, 0.3) is 0 Å². The van der Waals surface area contributed by atoms with E-state index in [1.807, 2.05) is 7.05 Å². The Morgan fingerprint density at radius 1 is 1.60 bits per heavy atom. The van der Waals surface area contributed by atoms with E-state index >= 15 is 0 Å². The van der Waals surface area contributed by atoms with Crippen LogP contribution in [0, 0.1) is 10.1 Å². The molecule has 0 radical (unpaired) electrons. The molecule has 0 aliphatic heterocycles. The van der Waals surface area contributed by atoms with Crippen molar-refractivity contribution >= 4 is 23.3 Å². The first kappa shape index (κ1) is 13.8. The molecule has 9 nitrogen and oxygen atoms in total. The summed E-state index contributed by atoms with van der Waals surface area (Å²) in [7, 11) is 1.81. The first-order valence-electron chi connectivity index (χ1n) is 5.31. The largest absolute Gasteiger partial charge is 0.409 e. The number of hydrogen-bond donors (Lipinski definition) is 2. The van der Waals surface area contributed by atoms with Crippen LogP contribution in [0.5, 0.6) is 0 Å². The van der Waals surface area contributed by atoms with E-state index in [4.69, 9.17) is 10.9 Å². The van der Waals surface area contributed by atoms with Gasteiger partial charge in [-0.1, -0.05) is 5.16 Å². The number of nitrogens with two attached hydrogens (primary N) is 1. The Morgan fingerprint density at radius 3 is 2.90 bits per heavy atom. The normalized spacial score (nSPS) is 11.6. The van der Waals surface area contributed by atoms with Crippen LogP contribution in [0.2, 0.25) is 0 Å². The number of aryl methyl sites for hydroxylation is 1. The van der Waals surface area contributed by atoms with Gasteiger partial charge in [-0.2, -0.15) is 0 Å². The lowest BCUT2D eigenvalue weighted by Crippen LogP contribution is -2.17. The number of nitro groups is 1. The molecule has 0 bridgehead atoms. The van der Waals surface area contributed by atoms with E-state index < -0.39 is 10.8 Å². The van der Waals surface area contributed by atoms with E-state index in [1.54, 1.807) is 17.0 Å². The van der Waals surface area contributed by atoms with Gasteiger partial charge < -0.3 is 15.5 Å². The van der Waals surface area contributed by atoms with E-state index in [2.05, 4.69) is 15.1 Å². The Morgan fingerprint density at radius 2 is 2.35 bits per heavy atom. The quantitative estimate of drug-likeness (QED) is 0.282. The molecule has 2 rings (SSSR count). The molecule has 0 aliphatic carbocycles. The van der Waals surface area contributed by atoms with Gasteiger partial charge in [-0.25, -0.2) is 9.97 Å². The number of aromatic nitrogens is 3. The van der Waals surface area contributed by atoms with Crippen molar-refractivity contribution in [2.45, 2.75) is 10.2 Å². The smallest absolute Gasteiger partial charge is 0.298 e. The van der Waals surface area contributed by atoms with Gasteiger partial charge in [0.15, 0.2) is 16.7 Å². The van der Waals surface area contributed by atoms with Gasteiger partial charge in [0.1, 0.15) is 5.03 Å². The Hall–Kier alpha value is -2.62. The predicted molar refractivity (Wildman–Crippen MR) is 70.7 cm³/mol. The lowest BCUT2D eigenvalue weighted by Gasteiger charge is -2.04. The molecule has 10 heteroatoms. The lowest BCUT2D eigenvalue weighted by molar-refractivity contribution is -0.385. The first-order chi connectivity index (χ1) is 9.52. The summed E-state index contributed by atoms with van der Waals surface area (Å²) in [5.41, 5.74) is 4.90. The van der Waals surface area contributed by atoms with E-state index in [1.165, 1.54) is 23.9 Å². The monoisotopic (exact) mass is 294 g/mol. The average Bonchev–Trinajstić information content (AvgIpc) is 2.83. The van der Waals surface area contributed by atoms with Gasteiger partial charge in [-0.05, 0) is 17.8 Å². The molecule has 0 saturated heterocycles. The van der Waals surface area contributed by atoms with Crippen molar-refractivity contribution in [3.63, 3.8) is 0 Å². The Labute approximate surface area is 117 Å². The standard InChI is InChI=1S/C10H10N6O3S/c1-15-5-4-12-10(15)20-7-3-2-6(16(18)19)8(13-7)9(11)14-17/h2-5,17H,1H3,(H2,11,14). The summed E-state index contributed by atoms with van der Waals surface area (Å²) < 4.78 is 1.77. The topological polar surface area (TPSA) is 132 Å². The van der Waals surface area contributed by atoms with E-state index in [0.717, 1.165) is 0 Å². The van der Waals surface area contributed by atoms with Crippen molar-refractivity contribution < 1.29 is 10.1 Å². The molecule has 104 valence electrons. The summed E-state index contributed by atoms with van der Waals surface area (Å²) in [6.07, 6.45) is 3.39. The van der Waals surface area contributed by atoms with Crippen molar-refractivity contribution in [1.82, 2.24) is 14.5 Å². The summed E-state index contributed by atoms with van der Waals surface area (Å²) in [5, 5.41) is 23.4. The van der Waals surface area contributed by atoms with Crippen LogP contribution in [0.1, 0.15) is 5.69 Å². The maximum atomic E-state index is 10.9. The molecule has 0 unspecified atom stereocenters. The van der Waals surface area contributed by atoms with Crippen LogP contribution >= 0.6 is 11.8 Å². The van der Waals surface area contributed by atoms with Crippen molar-refractivity contribution in [3.8, 4) is 0 Å². The third kappa shape index (κ3) is 2.69. The van der Waals surface area contributed by atoms with Crippen LogP contribution in [0.3, 0.4) is 0 Å². The van der Waals surface area contributed by atoms with Crippen LogP contribution in [-0.4, -0.2) is 30.5 Å². The predicted octanol–water partition coefficient (Wildman–Crippen LogP) is 0.969. The molecule has 2 aromatic heterocycles. The zero-order valence-corrected chi connectivity index (χ0v) is 11.1. The number of nitrogens with zero attached hydrogens (tertiary/aromatic N) is 5. The molecule has 0 aromatic carbocycles. The van der Waals surface area contributed by atoms with Gasteiger partial charge in [0, 0.05) is 25.5 Å². The number of oxime groups is 1. The Kier molecular flexibility index (Phi) is 3.84. The second-order valence-electron chi connectivity index (χ2n) is 3.68. The van der Waals surface area contributed by atoms with Gasteiger partial charge in [-0.15, -0.1) is 0 Å². The minimum atomic E-state index is -0.643. The van der Waals surface area contributed by atoms with Crippen LogP contribution < -0.4 is 5.73 Å². The van der Waals surface area contributed by atoms with E-state index in [9.17, 15) is 10.1 Å². The molecule has 0 atom stereocenters. The third-order valence-corrected chi connectivity index (χ3v) is 3.38. The number of rotatable bonds is 4. The fourth-order valence-electron chi connectivity index (χ4n) is 1.42. The second-order valence-corrected chi connectivity index (χ2v) is 4.67. The van der Waals surface area contributed by atoms with E-state index in [0.29, 0.717) is 10.2 Å². The molecule has 0 aliphatic rings. The summed E-state index contributed by atoms with van der Waals surface area (Å²) in [6, 6.07) is 2.73. The zero-order chi connectivity index (χ0) is 14.7. The summed E-state index contributed by atoms with van der Waals surface area (Å²) >= 11 is 1.21. The molecule has 3 N–H and O–H groups in total. The number of pyridine rings is 1. The summed E-state index contributed by atoms with van der Waals surface area (Å²) in [6.45, 7) is 0. The molecule has 0 fully saturated rings. The minimum absolute atomic E-state index is 0.184. The summed E-state index contributed by atoms with van der Waals surface area (Å²) in [4.78, 5) is 18.4. The fourth-order valence-corrected chi connectivity index (χ4v) is 2.20. The fraction of sp³-hybridized carbons (Fsp3) is 0.100. The SMILES string of the molecule is Cn1ccnc1Sc1ccc([N+](=O)[O-])c(/C(N)=N/O)n1. The van der Waals surface area contributed by atoms with Crippen molar-refractivity contribution in [1.29, 1.82) is 0 Å². The highest BCUT2D eigenvalue weighted by Crippen LogP contribution is 2.27. The number of amidine groups is 1. The zero-order valence-electron chi connectivity index (χ0n) is 10.3. The summed E-state index contributed by atoms with van der Waals surface area (Å²) in [5.74, 6) is -0.418. The second kappa shape index (κ2) is 5.57. The molecule has 20 heavy (non-hydrogen) atoms. The molecule has 2 aromatic rings. The third-order valence-electron chi connectivity index (χ3n) is 2.37. The van der Waals surface area contributed by atoms with Crippen LogP contribution in [0.15, 0.2) is 39.9 Å². The van der Waals surface area contributed by atoms with Crippen molar-refractivity contribution in [3.05, 3.63) is 40.3 Å². The highest BCUT2D eigenvalue weighted by Gasteiger charge is 2.20. The molecule has 0 amide bonds. The highest BCUT2D eigenvalue weighted by molar-refractivity contribution is 7.99. The van der Waals surface area contributed by atoms with Crippen molar-refractivity contribution in [2.75, 3.05) is 0 Å². The van der Waals surface area contributed by atoms with Gasteiger partial charge in [0.2, 0.25) is 0 Å². The van der Waals surface area contributed by atoms with Crippen LogP contribution in [0.4, 0.5) is 5.69 Å². The van der Waals surface area contributed by atoms with Crippen molar-refractivity contribution in [2.24, 2.45) is 17.9 Å². The van der Waals surface area contributed by atoms with Crippen LogP contribution in [-0.2, 0) is 7.05 Å². The van der Waals surface area contributed by atoms with E-state index in [-0.39, 0.29) is 11.4 Å². The maximum Gasteiger partial charge on any atom is 0.298 e. The molecule has 0 spiro atoms. The highest BCUT2D eigenvalue weighted by atomic mass is 32.2. The van der Waals surface area contributed by atoms with Gasteiger partial charge in [-0.3, -0.25) is 10.1 Å². The maximum absolute atomic E-state index is 10.9. The molecular formula is C10H10N6O3S. The number of hydrogen-bond acceptors (Lipinski definition) is 7. The lowest BCUT2D eigenvalue weighted by atomic mass is 10.3. The van der Waals surface area contributed by atoms with Gasteiger partial charge >= 0.3 is 0 Å². The molecule has 2 heterocycles.